The Morgan fingerprint density at radius 2 is 1.73 bits per heavy atom. The molecule has 6 heteroatoms. The van der Waals surface area contributed by atoms with Crippen LogP contribution in [0.1, 0.15) is 92.3 Å². The van der Waals surface area contributed by atoms with Crippen LogP contribution < -0.4 is 9.16 Å². The highest BCUT2D eigenvalue weighted by Gasteiger charge is 2.65. The Labute approximate surface area is 245 Å². The lowest BCUT2D eigenvalue weighted by atomic mass is 9.86. The summed E-state index contributed by atoms with van der Waals surface area (Å²) in [6.45, 7) is 16.2. The van der Waals surface area contributed by atoms with Gasteiger partial charge in [-0.05, 0) is 100 Å². The van der Waals surface area contributed by atoms with Gasteiger partial charge in [0.05, 0.1) is 18.2 Å². The van der Waals surface area contributed by atoms with Crippen LogP contribution in [0, 0.1) is 13.8 Å². The maximum atomic E-state index is 13.9. The Hall–Kier alpha value is -3.51. The van der Waals surface area contributed by atoms with Crippen LogP contribution in [0.4, 0.5) is 0 Å². The summed E-state index contributed by atoms with van der Waals surface area (Å²) in [6, 6.07) is 16.1. The number of aromatic nitrogens is 1. The largest absolute Gasteiger partial charge is 0.509 e. The molecule has 0 amide bonds. The molecular weight excluding hydrogens is 524 g/mol. The number of ketones is 1. The maximum Gasteiger partial charge on any atom is 0.486 e. The van der Waals surface area contributed by atoms with Crippen molar-refractivity contribution in [1.82, 2.24) is 8.80 Å². The van der Waals surface area contributed by atoms with Crippen molar-refractivity contribution in [2.75, 3.05) is 7.11 Å². The molecule has 41 heavy (non-hydrogen) atoms. The summed E-state index contributed by atoms with van der Waals surface area (Å²) < 4.78 is 18.6. The van der Waals surface area contributed by atoms with Gasteiger partial charge in [-0.2, -0.15) is 0 Å². The van der Waals surface area contributed by atoms with E-state index in [4.69, 9.17) is 9.16 Å². The first-order valence-electron chi connectivity index (χ1n) is 15.0. The highest BCUT2D eigenvalue weighted by atomic mass is 28.4. The molecule has 1 fully saturated rings. The molecule has 0 radical (unpaired) electrons. The second-order valence-corrected chi connectivity index (χ2v) is 15.1. The van der Waals surface area contributed by atoms with Crippen molar-refractivity contribution in [2.45, 2.75) is 85.7 Å². The summed E-state index contributed by atoms with van der Waals surface area (Å²) in [7, 11) is -1.31. The minimum atomic E-state index is -2.98. The van der Waals surface area contributed by atoms with Crippen LogP contribution in [0.3, 0.4) is 0 Å². The van der Waals surface area contributed by atoms with E-state index in [1.54, 1.807) is 7.11 Å². The molecule has 2 atom stereocenters. The van der Waals surface area contributed by atoms with Crippen molar-refractivity contribution >= 4 is 20.0 Å². The van der Waals surface area contributed by atoms with Crippen molar-refractivity contribution in [1.29, 1.82) is 0 Å². The highest BCUT2D eigenvalue weighted by molar-refractivity contribution is 6.72. The number of ether oxygens (including phenoxy) is 1. The highest BCUT2D eigenvalue weighted by Crippen LogP contribution is 2.58. The van der Waals surface area contributed by atoms with E-state index in [0.717, 1.165) is 31.7 Å². The lowest BCUT2D eigenvalue weighted by Crippen LogP contribution is -2.72. The summed E-state index contributed by atoms with van der Waals surface area (Å²) in [5.74, 6) is 1.27. The molecule has 0 saturated carbocycles. The van der Waals surface area contributed by atoms with Gasteiger partial charge in [-0.15, -0.1) is 0 Å². The van der Waals surface area contributed by atoms with Crippen LogP contribution >= 0.6 is 0 Å². The summed E-state index contributed by atoms with van der Waals surface area (Å²) in [5.41, 5.74) is 12.1. The molecule has 0 aliphatic carbocycles. The van der Waals surface area contributed by atoms with Crippen LogP contribution in [0.15, 0.2) is 65.4 Å². The predicted octanol–water partition coefficient (Wildman–Crippen LogP) is 8.11. The second kappa shape index (κ2) is 9.80. The minimum absolute atomic E-state index is 0.0326. The van der Waals surface area contributed by atoms with Crippen molar-refractivity contribution < 1.29 is 14.0 Å². The van der Waals surface area contributed by atoms with Crippen LogP contribution in [0.2, 0.25) is 6.04 Å². The van der Waals surface area contributed by atoms with Gasteiger partial charge in [0.15, 0.2) is 5.78 Å². The molecule has 214 valence electrons. The minimum Gasteiger partial charge on any atom is -0.509 e. The number of hydrogen-bond acceptors (Lipinski definition) is 4. The van der Waals surface area contributed by atoms with Gasteiger partial charge in [0.2, 0.25) is 0 Å². The zero-order valence-electron chi connectivity index (χ0n) is 25.8. The third kappa shape index (κ3) is 3.69. The topological polar surface area (TPSA) is 43.7 Å². The maximum absolute atomic E-state index is 13.9. The quantitative estimate of drug-likeness (QED) is 0.214. The number of rotatable bonds is 7. The third-order valence-electron chi connectivity index (χ3n) is 10.0. The lowest BCUT2D eigenvalue weighted by molar-refractivity contribution is 0.103. The first kappa shape index (κ1) is 27.6. The van der Waals surface area contributed by atoms with Crippen LogP contribution in [0.5, 0.6) is 11.5 Å². The number of allylic oxidation sites excluding steroid dienone is 2. The molecule has 4 heterocycles. The Bertz CT molecular complexity index is 1630. The normalized spacial score (nSPS) is 23.1. The van der Waals surface area contributed by atoms with Crippen LogP contribution in [-0.2, 0) is 6.42 Å². The molecule has 0 spiro atoms. The van der Waals surface area contributed by atoms with Gasteiger partial charge in [-0.25, -0.2) is 0 Å². The average Bonchev–Trinajstić information content (AvgIpc) is 3.38. The molecule has 3 aliphatic rings. The molecule has 1 aromatic heterocycles. The SMILES string of the molecule is CCC1=C(C)C2=C(C)c3c(C)c(CC)c(C)n3[Si]3(Oc4cc(OC)ccc4C(=O)c4ccccc4)CCCC1(C)N23. The second-order valence-electron chi connectivity index (χ2n) is 12.0. The fraction of sp³-hybridized carbons (Fsp3) is 0.400. The number of benzene rings is 2. The molecule has 1 saturated heterocycles. The first-order valence-corrected chi connectivity index (χ1v) is 17.1. The van der Waals surface area contributed by atoms with Gasteiger partial charge in [0.25, 0.3) is 0 Å². The molecule has 6 rings (SSSR count). The zero-order valence-corrected chi connectivity index (χ0v) is 26.8. The first-order chi connectivity index (χ1) is 19.6. The van der Waals surface area contributed by atoms with Gasteiger partial charge in [0.1, 0.15) is 11.5 Å². The number of carbonyl (C=O) groups is 1. The molecule has 2 aromatic carbocycles. The van der Waals surface area contributed by atoms with Crippen LogP contribution in [0.25, 0.3) is 5.57 Å². The van der Waals surface area contributed by atoms with E-state index < -0.39 is 8.64 Å². The van der Waals surface area contributed by atoms with Crippen molar-refractivity contribution in [3.63, 3.8) is 0 Å². The molecule has 0 bridgehead atoms. The fourth-order valence-corrected chi connectivity index (χ4v) is 13.5. The number of carbonyl (C=O) groups excluding carboxylic acids is 1. The van der Waals surface area contributed by atoms with E-state index in [1.807, 2.05) is 48.5 Å². The van der Waals surface area contributed by atoms with Crippen molar-refractivity contribution in [3.8, 4) is 11.5 Å². The summed E-state index contributed by atoms with van der Waals surface area (Å²) in [6.07, 6.45) is 4.18. The van der Waals surface area contributed by atoms with Crippen molar-refractivity contribution in [3.05, 3.63) is 99.0 Å². The van der Waals surface area contributed by atoms with Gasteiger partial charge in [-0.1, -0.05) is 44.2 Å². The summed E-state index contributed by atoms with van der Waals surface area (Å²) in [4.78, 5) is 13.9. The van der Waals surface area contributed by atoms with E-state index in [-0.39, 0.29) is 11.3 Å². The Balaban J connectivity index is 1.64. The number of nitrogens with zero attached hydrogens (tertiary/aromatic N) is 2. The molecule has 2 unspecified atom stereocenters. The Morgan fingerprint density at radius 3 is 2.39 bits per heavy atom. The third-order valence-corrected chi connectivity index (χ3v) is 14.2. The van der Waals surface area contributed by atoms with E-state index >= 15 is 0 Å². The predicted molar refractivity (Wildman–Crippen MR) is 168 cm³/mol. The number of hydrogen-bond donors (Lipinski definition) is 0. The van der Waals surface area contributed by atoms with Crippen molar-refractivity contribution in [2.24, 2.45) is 0 Å². The molecule has 5 nitrogen and oxygen atoms in total. The average molecular weight is 567 g/mol. The monoisotopic (exact) mass is 566 g/mol. The van der Waals surface area contributed by atoms with Crippen LogP contribution in [-0.4, -0.2) is 35.9 Å². The fourth-order valence-electron chi connectivity index (χ4n) is 8.37. The summed E-state index contributed by atoms with van der Waals surface area (Å²) in [5, 5.41) is 0. The molecule has 0 N–H and O–H groups in total. The smallest absolute Gasteiger partial charge is 0.486 e. The number of methoxy groups -OCH3 is 1. The number of fused-ring (bicyclic) bond motifs is 2. The molecule has 3 aliphatic heterocycles. The van der Waals surface area contributed by atoms with E-state index in [2.05, 4.69) is 57.3 Å². The van der Waals surface area contributed by atoms with Gasteiger partial charge in [-0.3, -0.25) is 4.79 Å². The molecular formula is C35H42N2O3Si. The van der Waals surface area contributed by atoms with E-state index in [1.165, 1.54) is 44.9 Å². The van der Waals surface area contributed by atoms with Gasteiger partial charge in [0, 0.05) is 34.8 Å². The van der Waals surface area contributed by atoms with Gasteiger partial charge < -0.3 is 18.0 Å². The van der Waals surface area contributed by atoms with Gasteiger partial charge >= 0.3 is 8.64 Å². The zero-order chi connectivity index (χ0) is 29.3. The van der Waals surface area contributed by atoms with E-state index in [9.17, 15) is 4.79 Å². The Kier molecular flexibility index (Phi) is 6.61. The Morgan fingerprint density at radius 1 is 1.00 bits per heavy atom. The lowest BCUT2D eigenvalue weighted by Gasteiger charge is -2.56. The molecule has 3 aromatic rings. The standard InChI is InChI=1S/C35H42N2O3Si/c1-9-28-22(3)32-24(5)33-23(4)30(10-2)35(7)19-14-20-41(37(33)35,36(32)25(28)6)40-31-21-27(39-8)17-18-29(31)34(38)26-15-12-11-13-16-26/h11-13,15-18,21H,9-10,14,19-20H2,1-8H3. The van der Waals surface area contributed by atoms with E-state index in [0.29, 0.717) is 22.6 Å². The summed E-state index contributed by atoms with van der Waals surface area (Å²) >= 11 is 0.